The third kappa shape index (κ3) is 5.46. The molecule has 0 N–H and O–H groups in total. The Morgan fingerprint density at radius 1 is 1.27 bits per heavy atom. The normalized spacial score (nSPS) is 12.0. The van der Waals surface area contributed by atoms with E-state index in [-0.39, 0.29) is 5.02 Å². The van der Waals surface area contributed by atoms with Crippen molar-refractivity contribution in [1.29, 1.82) is 0 Å². The summed E-state index contributed by atoms with van der Waals surface area (Å²) in [6.45, 7) is 8.32. The van der Waals surface area contributed by atoms with E-state index in [4.69, 9.17) is 21.3 Å². The molecule has 170 valence electrons. The fourth-order valence-corrected chi connectivity index (χ4v) is 5.34. The Bertz CT molecular complexity index is 1270. The summed E-state index contributed by atoms with van der Waals surface area (Å²) in [5, 5.41) is 12.7. The zero-order chi connectivity index (χ0) is 23.4. The maximum absolute atomic E-state index is 13.3. The fraction of sp³-hybridized carbons (Fsp3) is 0.208. The summed E-state index contributed by atoms with van der Waals surface area (Å²) in [7, 11) is 0. The molecule has 0 fully saturated rings. The van der Waals surface area contributed by atoms with Gasteiger partial charge < -0.3 is 4.74 Å². The van der Waals surface area contributed by atoms with Crippen molar-refractivity contribution >= 4 is 34.7 Å². The number of benzene rings is 2. The van der Waals surface area contributed by atoms with Crippen molar-refractivity contribution in [1.82, 2.24) is 19.7 Å². The Labute approximate surface area is 205 Å². The highest BCUT2D eigenvalue weighted by molar-refractivity contribution is 7.98. The molecule has 1 unspecified atom stereocenters. The van der Waals surface area contributed by atoms with Crippen molar-refractivity contribution in [2.24, 2.45) is 0 Å². The van der Waals surface area contributed by atoms with E-state index < -0.39 is 11.9 Å². The summed E-state index contributed by atoms with van der Waals surface area (Å²) in [6.07, 6.45) is 1.34. The van der Waals surface area contributed by atoms with Crippen LogP contribution in [0.25, 0.3) is 10.6 Å². The molecular formula is C24H22ClFN4OS2. The van der Waals surface area contributed by atoms with Gasteiger partial charge >= 0.3 is 0 Å². The highest BCUT2D eigenvalue weighted by Crippen LogP contribution is 2.32. The molecular weight excluding hydrogens is 479 g/mol. The first-order valence-corrected chi connectivity index (χ1v) is 12.5. The van der Waals surface area contributed by atoms with Gasteiger partial charge in [0.25, 0.3) is 0 Å². The Hall–Kier alpha value is -2.68. The lowest BCUT2D eigenvalue weighted by Crippen LogP contribution is -2.12. The lowest BCUT2D eigenvalue weighted by molar-refractivity contribution is 0.210. The van der Waals surface area contributed by atoms with Crippen LogP contribution in [0.1, 0.15) is 30.1 Å². The van der Waals surface area contributed by atoms with Gasteiger partial charge in [-0.2, -0.15) is 0 Å². The monoisotopic (exact) mass is 500 g/mol. The van der Waals surface area contributed by atoms with Crippen LogP contribution in [0.4, 0.5) is 4.39 Å². The predicted octanol–water partition coefficient (Wildman–Crippen LogP) is 7.12. The fourth-order valence-electron chi connectivity index (χ4n) is 3.27. The summed E-state index contributed by atoms with van der Waals surface area (Å²) in [4.78, 5) is 4.80. The number of rotatable bonds is 9. The van der Waals surface area contributed by atoms with Crippen LogP contribution in [0.15, 0.2) is 65.7 Å². The van der Waals surface area contributed by atoms with Crippen molar-refractivity contribution in [3.63, 3.8) is 0 Å². The molecule has 5 nitrogen and oxygen atoms in total. The van der Waals surface area contributed by atoms with Crippen LogP contribution in [0, 0.1) is 12.7 Å². The molecule has 0 bridgehead atoms. The maximum atomic E-state index is 13.3. The second kappa shape index (κ2) is 10.5. The number of thiazole rings is 1. The lowest BCUT2D eigenvalue weighted by Gasteiger charge is -2.16. The Morgan fingerprint density at radius 2 is 2.09 bits per heavy atom. The maximum Gasteiger partial charge on any atom is 0.192 e. The molecule has 0 saturated carbocycles. The molecule has 33 heavy (non-hydrogen) atoms. The molecule has 9 heteroatoms. The molecule has 2 heterocycles. The average Bonchev–Trinajstić information content (AvgIpc) is 3.42. The molecule has 0 aliphatic heterocycles. The minimum Gasteiger partial charge on any atom is -0.481 e. The van der Waals surface area contributed by atoms with Crippen molar-refractivity contribution in [3.05, 3.63) is 88.4 Å². The van der Waals surface area contributed by atoms with Crippen LogP contribution >= 0.6 is 34.7 Å². The summed E-state index contributed by atoms with van der Waals surface area (Å²) in [5.41, 5.74) is 3.35. The molecule has 4 rings (SSSR count). The standard InChI is InChI=1S/C24H22ClFN4OS2/c1-4-11-30-22(16(3)31-21-10-9-17(26)12-20(21)25)28-29-24(30)33-14-18-13-32-23(27-18)19-8-6-5-7-15(19)2/h4-10,12-13,16H,1,11,14H2,2-3H3. The largest absolute Gasteiger partial charge is 0.481 e. The van der Waals surface area contributed by atoms with Crippen LogP contribution in [0.3, 0.4) is 0 Å². The van der Waals surface area contributed by atoms with Crippen LogP contribution < -0.4 is 4.74 Å². The molecule has 0 aliphatic rings. The van der Waals surface area contributed by atoms with Crippen LogP contribution in [0.5, 0.6) is 5.75 Å². The van der Waals surface area contributed by atoms with E-state index in [2.05, 4.69) is 41.2 Å². The zero-order valence-electron chi connectivity index (χ0n) is 18.2. The Kier molecular flexibility index (Phi) is 7.47. The Balaban J connectivity index is 1.49. The van der Waals surface area contributed by atoms with E-state index in [9.17, 15) is 4.39 Å². The molecule has 0 spiro atoms. The minimum absolute atomic E-state index is 0.208. The number of ether oxygens (including phenoxy) is 1. The molecule has 2 aromatic heterocycles. The van der Waals surface area contributed by atoms with Crippen molar-refractivity contribution in [2.45, 2.75) is 37.4 Å². The van der Waals surface area contributed by atoms with E-state index in [1.165, 1.54) is 23.8 Å². The predicted molar refractivity (Wildman–Crippen MR) is 133 cm³/mol. The van der Waals surface area contributed by atoms with E-state index in [1.807, 2.05) is 23.6 Å². The van der Waals surface area contributed by atoms with Gasteiger partial charge in [0.2, 0.25) is 0 Å². The highest BCUT2D eigenvalue weighted by Gasteiger charge is 2.20. The number of hydrogen-bond acceptors (Lipinski definition) is 6. The first kappa shape index (κ1) is 23.5. The van der Waals surface area contributed by atoms with E-state index in [0.717, 1.165) is 21.4 Å². The molecule has 2 aromatic carbocycles. The van der Waals surface area contributed by atoms with Gasteiger partial charge in [-0.25, -0.2) is 9.37 Å². The second-order valence-corrected chi connectivity index (χ2v) is 9.53. The van der Waals surface area contributed by atoms with Gasteiger partial charge in [0.1, 0.15) is 16.6 Å². The first-order chi connectivity index (χ1) is 16.0. The topological polar surface area (TPSA) is 52.8 Å². The molecule has 1 atom stereocenters. The zero-order valence-corrected chi connectivity index (χ0v) is 20.6. The summed E-state index contributed by atoms with van der Waals surface area (Å²) >= 11 is 9.30. The van der Waals surface area contributed by atoms with Crippen molar-refractivity contribution in [3.8, 4) is 16.3 Å². The lowest BCUT2D eigenvalue weighted by atomic mass is 10.1. The number of aromatic nitrogens is 4. The number of hydrogen-bond donors (Lipinski definition) is 0. The molecule has 0 amide bonds. The second-order valence-electron chi connectivity index (χ2n) is 7.32. The van der Waals surface area contributed by atoms with Crippen LogP contribution in [-0.4, -0.2) is 19.7 Å². The van der Waals surface area contributed by atoms with E-state index in [0.29, 0.717) is 23.9 Å². The van der Waals surface area contributed by atoms with Crippen LogP contribution in [-0.2, 0) is 12.3 Å². The number of aryl methyl sites for hydroxylation is 1. The number of allylic oxidation sites excluding steroid dienone is 1. The third-order valence-corrected chi connectivity index (χ3v) is 7.11. The molecule has 0 radical (unpaired) electrons. The Morgan fingerprint density at radius 3 is 2.85 bits per heavy atom. The van der Waals surface area contributed by atoms with E-state index >= 15 is 0 Å². The average molecular weight is 501 g/mol. The van der Waals surface area contributed by atoms with Gasteiger partial charge in [-0.3, -0.25) is 4.57 Å². The quantitative estimate of drug-likeness (QED) is 0.181. The van der Waals surface area contributed by atoms with Crippen molar-refractivity contribution in [2.75, 3.05) is 0 Å². The summed E-state index contributed by atoms with van der Waals surface area (Å²) < 4.78 is 21.2. The van der Waals surface area contributed by atoms with Crippen molar-refractivity contribution < 1.29 is 9.13 Å². The third-order valence-electron chi connectivity index (χ3n) is 4.89. The van der Waals surface area contributed by atoms with Gasteiger partial charge in [-0.05, 0) is 37.6 Å². The van der Waals surface area contributed by atoms with Gasteiger partial charge in [-0.1, -0.05) is 53.7 Å². The van der Waals surface area contributed by atoms with E-state index in [1.54, 1.807) is 29.2 Å². The number of nitrogens with zero attached hydrogens (tertiary/aromatic N) is 4. The van der Waals surface area contributed by atoms with Gasteiger partial charge in [-0.15, -0.1) is 28.1 Å². The number of thioether (sulfide) groups is 1. The van der Waals surface area contributed by atoms with Gasteiger partial charge in [0.05, 0.1) is 10.7 Å². The van der Waals surface area contributed by atoms with Crippen LogP contribution in [0.2, 0.25) is 5.02 Å². The first-order valence-electron chi connectivity index (χ1n) is 10.2. The molecule has 0 saturated heterocycles. The molecule has 4 aromatic rings. The minimum atomic E-state index is -0.443. The van der Waals surface area contributed by atoms with Gasteiger partial charge in [0, 0.05) is 23.2 Å². The summed E-state index contributed by atoms with van der Waals surface area (Å²) in [5.74, 6) is 1.27. The highest BCUT2D eigenvalue weighted by atomic mass is 35.5. The summed E-state index contributed by atoms with van der Waals surface area (Å²) in [6, 6.07) is 12.3. The SMILES string of the molecule is C=CCn1c(SCc2csc(-c3ccccc3C)n2)nnc1C(C)Oc1ccc(F)cc1Cl. The van der Waals surface area contributed by atoms with Gasteiger partial charge in [0.15, 0.2) is 17.1 Å². The smallest absolute Gasteiger partial charge is 0.192 e. The molecule has 0 aliphatic carbocycles. The number of halogens is 2.